The van der Waals surface area contributed by atoms with E-state index in [4.69, 9.17) is 13.9 Å². The average Bonchev–Trinajstić information content (AvgIpc) is 2.67. The smallest absolute Gasteiger partial charge is 0.349 e. The number of amides is 1. The number of hydrazone groups is 1. The normalized spacial score (nSPS) is 10.8. The van der Waals surface area contributed by atoms with Crippen molar-refractivity contribution in [2.75, 3.05) is 14.2 Å². The largest absolute Gasteiger partial charge is 0.497 e. The highest BCUT2D eigenvalue weighted by Crippen LogP contribution is 2.23. The van der Waals surface area contributed by atoms with Crippen LogP contribution in [0.4, 0.5) is 0 Å². The molecule has 0 radical (unpaired) electrons. The minimum absolute atomic E-state index is 0.123. The number of benzene rings is 2. The average molecular weight is 352 g/mol. The van der Waals surface area contributed by atoms with E-state index in [1.165, 1.54) is 19.4 Å². The zero-order valence-electron chi connectivity index (χ0n) is 14.2. The summed E-state index contributed by atoms with van der Waals surface area (Å²) in [6.07, 6.45) is 1.42. The lowest BCUT2D eigenvalue weighted by atomic mass is 10.2. The molecule has 0 fully saturated rings. The SMILES string of the molecule is COc1ccc(C=NNC(=O)c2cc3ccccc3oc2=O)c(OC)c1. The molecule has 3 aromatic rings. The van der Waals surface area contributed by atoms with Gasteiger partial charge in [-0.15, -0.1) is 0 Å². The lowest BCUT2D eigenvalue weighted by molar-refractivity contribution is 0.0951. The van der Waals surface area contributed by atoms with Crippen LogP contribution in [0.15, 0.2) is 62.8 Å². The van der Waals surface area contributed by atoms with Crippen LogP contribution >= 0.6 is 0 Å². The molecule has 0 saturated heterocycles. The monoisotopic (exact) mass is 352 g/mol. The molecule has 1 aromatic heterocycles. The summed E-state index contributed by atoms with van der Waals surface area (Å²) in [5.74, 6) is 0.512. The van der Waals surface area contributed by atoms with Crippen molar-refractivity contribution in [3.05, 3.63) is 70.1 Å². The molecule has 0 bridgehead atoms. The minimum Gasteiger partial charge on any atom is -0.497 e. The van der Waals surface area contributed by atoms with Crippen LogP contribution in [0.1, 0.15) is 15.9 Å². The van der Waals surface area contributed by atoms with Gasteiger partial charge in [0.2, 0.25) is 0 Å². The molecule has 0 aliphatic heterocycles. The first kappa shape index (κ1) is 17.2. The standard InChI is InChI=1S/C19H16N2O5/c1-24-14-8-7-13(17(10-14)25-2)11-20-21-18(22)15-9-12-5-3-4-6-16(12)26-19(15)23/h3-11H,1-2H3,(H,21,22). The number of hydrogen-bond donors (Lipinski definition) is 1. The summed E-state index contributed by atoms with van der Waals surface area (Å²) in [5.41, 5.74) is 2.53. The van der Waals surface area contributed by atoms with Crippen molar-refractivity contribution in [3.63, 3.8) is 0 Å². The van der Waals surface area contributed by atoms with Crippen LogP contribution in [0, 0.1) is 0 Å². The molecule has 0 spiro atoms. The molecule has 1 N–H and O–H groups in total. The number of methoxy groups -OCH3 is 2. The molecule has 3 rings (SSSR count). The molecule has 0 saturated carbocycles. The van der Waals surface area contributed by atoms with Crippen molar-refractivity contribution in [3.8, 4) is 11.5 Å². The highest BCUT2D eigenvalue weighted by atomic mass is 16.5. The highest BCUT2D eigenvalue weighted by Gasteiger charge is 2.13. The van der Waals surface area contributed by atoms with Gasteiger partial charge in [0.25, 0.3) is 5.91 Å². The second-order valence-electron chi connectivity index (χ2n) is 5.29. The second-order valence-corrected chi connectivity index (χ2v) is 5.29. The fourth-order valence-electron chi connectivity index (χ4n) is 2.37. The van der Waals surface area contributed by atoms with Gasteiger partial charge in [0.15, 0.2) is 0 Å². The number of hydrogen-bond acceptors (Lipinski definition) is 6. The molecule has 0 aliphatic carbocycles. The van der Waals surface area contributed by atoms with Gasteiger partial charge < -0.3 is 13.9 Å². The minimum atomic E-state index is -0.724. The third kappa shape index (κ3) is 3.56. The van der Waals surface area contributed by atoms with E-state index in [1.54, 1.807) is 49.6 Å². The third-order valence-corrected chi connectivity index (χ3v) is 3.70. The van der Waals surface area contributed by atoms with E-state index in [-0.39, 0.29) is 5.56 Å². The lowest BCUT2D eigenvalue weighted by Gasteiger charge is -2.06. The number of rotatable bonds is 5. The summed E-state index contributed by atoms with van der Waals surface area (Å²) >= 11 is 0. The first-order valence-electron chi connectivity index (χ1n) is 7.70. The molecular weight excluding hydrogens is 336 g/mol. The van der Waals surface area contributed by atoms with Gasteiger partial charge in [0.05, 0.1) is 20.4 Å². The van der Waals surface area contributed by atoms with Crippen molar-refractivity contribution in [1.82, 2.24) is 5.43 Å². The van der Waals surface area contributed by atoms with Crippen LogP contribution in [0.2, 0.25) is 0 Å². The lowest BCUT2D eigenvalue weighted by Crippen LogP contribution is -2.24. The van der Waals surface area contributed by atoms with Crippen LogP contribution in [0.3, 0.4) is 0 Å². The summed E-state index contributed by atoms with van der Waals surface area (Å²) in [4.78, 5) is 24.2. The van der Waals surface area contributed by atoms with Crippen molar-refractivity contribution in [2.45, 2.75) is 0 Å². The van der Waals surface area contributed by atoms with E-state index in [0.29, 0.717) is 28.0 Å². The number of ether oxygens (including phenoxy) is 2. The molecule has 1 heterocycles. The second kappa shape index (κ2) is 7.52. The Bertz CT molecular complexity index is 1040. The van der Waals surface area contributed by atoms with Gasteiger partial charge in [-0.25, -0.2) is 10.2 Å². The molecule has 132 valence electrons. The molecule has 0 aliphatic rings. The first-order chi connectivity index (χ1) is 12.6. The van der Waals surface area contributed by atoms with Crippen LogP contribution < -0.4 is 20.5 Å². The fraction of sp³-hybridized carbons (Fsp3) is 0.105. The topological polar surface area (TPSA) is 90.1 Å². The Hall–Kier alpha value is -3.61. The van der Waals surface area contributed by atoms with Gasteiger partial charge in [-0.1, -0.05) is 18.2 Å². The highest BCUT2D eigenvalue weighted by molar-refractivity contribution is 5.97. The molecule has 7 nitrogen and oxygen atoms in total. The van der Waals surface area contributed by atoms with E-state index in [9.17, 15) is 9.59 Å². The zero-order chi connectivity index (χ0) is 18.5. The summed E-state index contributed by atoms with van der Waals surface area (Å²) in [6.45, 7) is 0. The Morgan fingerprint density at radius 1 is 1.12 bits per heavy atom. The molecule has 0 unspecified atom stereocenters. The summed E-state index contributed by atoms with van der Waals surface area (Å²) < 4.78 is 15.5. The van der Waals surface area contributed by atoms with Crippen molar-refractivity contribution < 1.29 is 18.7 Å². The first-order valence-corrected chi connectivity index (χ1v) is 7.70. The van der Waals surface area contributed by atoms with E-state index >= 15 is 0 Å². The van der Waals surface area contributed by atoms with Crippen molar-refractivity contribution >= 4 is 23.1 Å². The summed E-state index contributed by atoms with van der Waals surface area (Å²) in [6, 6.07) is 13.6. The predicted octanol–water partition coefficient (Wildman–Crippen LogP) is 2.57. The maximum absolute atomic E-state index is 12.2. The van der Waals surface area contributed by atoms with Gasteiger partial charge in [-0.3, -0.25) is 4.79 Å². The van der Waals surface area contributed by atoms with Crippen molar-refractivity contribution in [1.29, 1.82) is 0 Å². The van der Waals surface area contributed by atoms with Crippen LogP contribution in [0.25, 0.3) is 11.0 Å². The quantitative estimate of drug-likeness (QED) is 0.433. The van der Waals surface area contributed by atoms with Crippen molar-refractivity contribution in [2.24, 2.45) is 5.10 Å². The van der Waals surface area contributed by atoms with E-state index in [2.05, 4.69) is 10.5 Å². The molecule has 0 atom stereocenters. The summed E-state index contributed by atoms with van der Waals surface area (Å²) in [7, 11) is 3.07. The molecule has 2 aromatic carbocycles. The molecule has 1 amide bonds. The Labute approximate surface area is 148 Å². The Kier molecular flexibility index (Phi) is 4.98. The van der Waals surface area contributed by atoms with E-state index in [1.807, 2.05) is 0 Å². The maximum Gasteiger partial charge on any atom is 0.349 e. The number of para-hydroxylation sites is 1. The van der Waals surface area contributed by atoms with E-state index in [0.717, 1.165) is 0 Å². The Balaban J connectivity index is 1.80. The van der Waals surface area contributed by atoms with Crippen LogP contribution in [-0.2, 0) is 0 Å². The molecule has 7 heteroatoms. The Morgan fingerprint density at radius 3 is 2.69 bits per heavy atom. The molecular formula is C19H16N2O5. The number of carbonyl (C=O) groups is 1. The number of carbonyl (C=O) groups excluding carboxylic acids is 1. The van der Waals surface area contributed by atoms with Gasteiger partial charge in [-0.2, -0.15) is 5.10 Å². The van der Waals surface area contributed by atoms with Gasteiger partial charge in [0, 0.05) is 17.0 Å². The van der Waals surface area contributed by atoms with Crippen LogP contribution in [-0.4, -0.2) is 26.3 Å². The van der Waals surface area contributed by atoms with Crippen LogP contribution in [0.5, 0.6) is 11.5 Å². The Morgan fingerprint density at radius 2 is 1.92 bits per heavy atom. The third-order valence-electron chi connectivity index (χ3n) is 3.70. The molecule has 26 heavy (non-hydrogen) atoms. The number of nitrogens with zero attached hydrogens (tertiary/aromatic N) is 1. The fourth-order valence-corrected chi connectivity index (χ4v) is 2.37. The van der Waals surface area contributed by atoms with Gasteiger partial charge in [0.1, 0.15) is 22.6 Å². The zero-order valence-corrected chi connectivity index (χ0v) is 14.2. The number of nitrogens with one attached hydrogen (secondary N) is 1. The maximum atomic E-state index is 12.2. The summed E-state index contributed by atoms with van der Waals surface area (Å²) in [5, 5.41) is 4.53. The van der Waals surface area contributed by atoms with E-state index < -0.39 is 11.5 Å². The predicted molar refractivity (Wildman–Crippen MR) is 97.1 cm³/mol. The number of fused-ring (bicyclic) bond motifs is 1. The van der Waals surface area contributed by atoms with Gasteiger partial charge >= 0.3 is 5.63 Å². The van der Waals surface area contributed by atoms with Gasteiger partial charge in [-0.05, 0) is 24.3 Å².